The highest BCUT2D eigenvalue weighted by Crippen LogP contribution is 2.67. The fraction of sp³-hybridized carbons (Fsp3) is 0.560. The summed E-state index contributed by atoms with van der Waals surface area (Å²) in [6.07, 6.45) is -6.02. The molecular weight excluding hydrogens is 972 g/mol. The van der Waals surface area contributed by atoms with E-state index in [2.05, 4.69) is 56.3 Å². The summed E-state index contributed by atoms with van der Waals surface area (Å²) in [6.45, 7) is 15.0. The topological polar surface area (TPSA) is 476 Å². The maximum Gasteiger partial charge on any atom is 0.490 e. The van der Waals surface area contributed by atoms with Gasteiger partial charge in [0.25, 0.3) is 0 Å². The van der Waals surface area contributed by atoms with Crippen LogP contribution in [0.3, 0.4) is 0 Å². The normalized spacial score (nSPS) is 33.5. The average Bonchev–Trinajstić information content (AvgIpc) is 3.43. The lowest BCUT2D eigenvalue weighted by Gasteiger charge is -2.36. The van der Waals surface area contributed by atoms with E-state index in [4.69, 9.17) is 39.7 Å². The summed E-state index contributed by atoms with van der Waals surface area (Å²) in [7, 11) is -33.4. The Balaban J connectivity index is 0.000000330. The molecule has 2 saturated heterocycles. The van der Waals surface area contributed by atoms with Crippen LogP contribution in [0.4, 0.5) is 0 Å². The molecule has 0 saturated carbocycles. The molecule has 62 heavy (non-hydrogen) atoms. The molecule has 0 aliphatic carbocycles. The second-order valence-corrected chi connectivity index (χ2v) is 22.5. The fourth-order valence-corrected chi connectivity index (χ4v) is 11.6. The Morgan fingerprint density at radius 1 is 0.677 bits per heavy atom. The van der Waals surface area contributed by atoms with Crippen molar-refractivity contribution >= 4 is 52.8 Å². The molecule has 0 bridgehead atoms. The highest BCUT2D eigenvalue weighted by molar-refractivity contribution is 7.67. The van der Waals surface area contributed by atoms with E-state index in [1.807, 2.05) is 0 Å². The summed E-state index contributed by atoms with van der Waals surface area (Å²) in [5.74, 6) is 0.491. The summed E-state index contributed by atoms with van der Waals surface area (Å²) in [4.78, 5) is 78.2. The van der Waals surface area contributed by atoms with Crippen molar-refractivity contribution in [2.24, 2.45) is 10.7 Å². The number of amidine groups is 1. The van der Waals surface area contributed by atoms with Crippen LogP contribution in [0.25, 0.3) is 0 Å². The summed E-state index contributed by atoms with van der Waals surface area (Å²) in [5.41, 5.74) is 3.70. The molecule has 0 aromatic heterocycles. The molecule has 0 radical (unpaired) electrons. The van der Waals surface area contributed by atoms with Gasteiger partial charge in [0.15, 0.2) is 12.5 Å². The third kappa shape index (κ3) is 14.6. The van der Waals surface area contributed by atoms with Crippen molar-refractivity contribution in [3.8, 4) is 0 Å². The molecular formula is C25H45N5O26P6. The average molecular weight is 1020 g/mol. The highest BCUT2D eigenvalue weighted by atomic mass is 31.3. The molecule has 0 amide bonds. The van der Waals surface area contributed by atoms with Gasteiger partial charge in [0, 0.05) is 23.7 Å². The molecule has 31 nitrogen and oxygen atoms in total. The van der Waals surface area contributed by atoms with Gasteiger partial charge in [-0.25, -0.2) is 32.4 Å². The monoisotopic (exact) mass is 1020 g/mol. The zero-order chi connectivity index (χ0) is 48.0. The van der Waals surface area contributed by atoms with Crippen molar-refractivity contribution < 1.29 is 123 Å². The lowest BCUT2D eigenvalue weighted by molar-refractivity contribution is -0.123. The van der Waals surface area contributed by atoms with Gasteiger partial charge in [-0.1, -0.05) is 19.7 Å². The maximum absolute atomic E-state index is 11.9. The summed E-state index contributed by atoms with van der Waals surface area (Å²) in [6, 6.07) is 0. The van der Waals surface area contributed by atoms with Crippen LogP contribution in [0.15, 0.2) is 65.6 Å². The number of nitrogens with zero attached hydrogens (tertiary/aromatic N) is 3. The zero-order valence-electron chi connectivity index (χ0n) is 32.3. The number of nitrogens with two attached hydrogens (primary N) is 1. The van der Waals surface area contributed by atoms with Gasteiger partial charge in [-0.05, 0) is 33.3 Å². The predicted octanol–water partition coefficient (Wildman–Crippen LogP) is -0.825. The first-order chi connectivity index (χ1) is 27.7. The Morgan fingerprint density at radius 3 is 1.44 bits per heavy atom. The van der Waals surface area contributed by atoms with E-state index in [0.29, 0.717) is 16.8 Å². The van der Waals surface area contributed by atoms with E-state index in [0.717, 1.165) is 0 Å². The van der Waals surface area contributed by atoms with E-state index >= 15 is 0 Å². The predicted molar refractivity (Wildman–Crippen MR) is 204 cm³/mol. The number of aliphatic imine (C=N–C) groups is 1. The van der Waals surface area contributed by atoms with Crippen LogP contribution in [0, 0.1) is 0 Å². The molecule has 356 valence electrons. The van der Waals surface area contributed by atoms with Crippen LogP contribution in [0.5, 0.6) is 0 Å². The molecule has 4 rings (SSSR count). The molecule has 0 aromatic rings. The van der Waals surface area contributed by atoms with Crippen LogP contribution in [-0.4, -0.2) is 136 Å². The van der Waals surface area contributed by atoms with Gasteiger partial charge in [-0.15, -0.1) is 0 Å². The molecule has 0 aromatic carbocycles. The molecule has 2 fully saturated rings. The molecule has 6 unspecified atom stereocenters. The third-order valence-electron chi connectivity index (χ3n) is 8.37. The molecule has 4 aliphatic heterocycles. The number of hydrogen-bond donors (Lipinski definition) is 14. The van der Waals surface area contributed by atoms with Gasteiger partial charge in [0.2, 0.25) is 0 Å². The van der Waals surface area contributed by atoms with Crippen LogP contribution < -0.4 is 11.1 Å². The van der Waals surface area contributed by atoms with Gasteiger partial charge in [-0.3, -0.25) is 9.05 Å². The molecule has 4 heterocycles. The Morgan fingerprint density at radius 2 is 1.05 bits per heavy atom. The number of allylic oxidation sites excluding steroid dienone is 1. The number of aliphatic hydroxyl groups excluding tert-OH is 4. The second-order valence-electron chi connectivity index (χ2n) is 13.6. The van der Waals surface area contributed by atoms with Crippen molar-refractivity contribution in [1.29, 1.82) is 0 Å². The first-order valence-electron chi connectivity index (χ1n) is 16.5. The standard InChI is InChI=1S/C13H23N2O13P3.C12H22N3O13P3/c1-7-5-15(9(3)14-8(7)2)12-10(16)11(17)13(4,26-12)6-25-30(21,22)28-31(23,24)27-29(18,19)20;1-6-4-15(7(2)14-10(6)13)11-8(16)9(17)12(3,26-11)5-25-30(21,22)28-31(23,24)27-29(18,19)20/h5,10-12,14,16-17H,2-3,6H2,1,4H3,(H,21,22)(H,23,24)(H2,18,19,20);4,8-9,11,16-17H,2,5H2,1,3H3,(H2,13,14)(H,21,22)(H,23,24)(H2,18,19,20)/t10?,11-,12-,13-;8?,9-,11-,12-/m11/s1. The van der Waals surface area contributed by atoms with Crippen molar-refractivity contribution in [3.05, 3.63) is 60.6 Å². The highest BCUT2D eigenvalue weighted by Gasteiger charge is 2.56. The third-order valence-corrected chi connectivity index (χ3v) is 15.9. The lowest BCUT2D eigenvalue weighted by Crippen LogP contribution is -2.45. The van der Waals surface area contributed by atoms with Crippen LogP contribution in [0.2, 0.25) is 0 Å². The molecule has 37 heteroatoms. The summed E-state index contributed by atoms with van der Waals surface area (Å²) >= 11 is 0. The van der Waals surface area contributed by atoms with Crippen molar-refractivity contribution in [3.63, 3.8) is 0 Å². The van der Waals surface area contributed by atoms with E-state index < -0.39 is 108 Å². The van der Waals surface area contributed by atoms with Crippen LogP contribution >= 0.6 is 46.9 Å². The smallest absolute Gasteiger partial charge is 0.387 e. The zero-order valence-corrected chi connectivity index (χ0v) is 37.7. The Hall–Kier alpha value is -1.85. The Labute approximate surface area is 350 Å². The summed E-state index contributed by atoms with van der Waals surface area (Å²) < 4.78 is 103. The van der Waals surface area contributed by atoms with E-state index in [1.165, 1.54) is 36.0 Å². The van der Waals surface area contributed by atoms with Crippen molar-refractivity contribution in [2.45, 2.75) is 75.8 Å². The number of phosphoric ester groups is 2. The van der Waals surface area contributed by atoms with Gasteiger partial charge in [0.1, 0.15) is 53.1 Å². The molecule has 12 atom stereocenters. The largest absolute Gasteiger partial charge is 0.490 e. The van der Waals surface area contributed by atoms with Crippen LogP contribution in [-0.2, 0) is 63.2 Å². The lowest BCUT2D eigenvalue weighted by atomic mass is 9.98. The number of ether oxygens (including phenoxy) is 2. The minimum absolute atomic E-state index is 0.0662. The van der Waals surface area contributed by atoms with Gasteiger partial charge < -0.3 is 89.9 Å². The first kappa shape index (κ1) is 54.5. The number of phosphoric acid groups is 6. The molecule has 0 spiro atoms. The maximum atomic E-state index is 11.9. The second kappa shape index (κ2) is 19.2. The van der Waals surface area contributed by atoms with E-state index in [-0.39, 0.29) is 17.5 Å². The minimum Gasteiger partial charge on any atom is -0.387 e. The Kier molecular flexibility index (Phi) is 16.8. The first-order valence-corrected chi connectivity index (χ1v) is 25.5. The van der Waals surface area contributed by atoms with Crippen molar-refractivity contribution in [1.82, 2.24) is 15.1 Å². The molecule has 4 aliphatic rings. The number of hydrogen-bond acceptors (Lipinski definition) is 23. The van der Waals surface area contributed by atoms with Gasteiger partial charge >= 0.3 is 46.9 Å². The quantitative estimate of drug-likeness (QED) is 0.0840. The fourth-order valence-electron chi connectivity index (χ4n) is 5.36. The Bertz CT molecular complexity index is 2170. The van der Waals surface area contributed by atoms with E-state index in [1.54, 1.807) is 13.8 Å². The minimum atomic E-state index is -5.71. The molecule has 15 N–H and O–H groups in total. The van der Waals surface area contributed by atoms with E-state index in [9.17, 15) is 62.5 Å². The number of aliphatic hydroxyl groups is 4. The number of rotatable bonds is 16. The number of nitrogens with one attached hydrogen (secondary N) is 1. The van der Waals surface area contributed by atoms with Gasteiger partial charge in [-0.2, -0.15) is 17.2 Å². The van der Waals surface area contributed by atoms with Gasteiger partial charge in [0.05, 0.1) is 13.2 Å². The van der Waals surface area contributed by atoms with Crippen LogP contribution in [0.1, 0.15) is 27.7 Å². The van der Waals surface area contributed by atoms with Crippen molar-refractivity contribution in [2.75, 3.05) is 13.2 Å². The SMILES string of the molecule is C=C1N=C(N)C(C)=CN1[C@@H]1O[C@](C)(COP(=O)(O)OP(=O)(O)OP(=O)(O)O)[C@H](O)C1O.C=C1NC(=C)N([C@@H]2O[C@](C)(COP(=O)(O)OP(=O)(O)OP(=O)(O)O)[C@H](O)C2O)C=C1C. The summed E-state index contributed by atoms with van der Waals surface area (Å²) in [5, 5.41) is 44.4.